The molecule has 0 radical (unpaired) electrons. The highest BCUT2D eigenvalue weighted by Gasteiger charge is 2.29. The van der Waals surface area contributed by atoms with Crippen LogP contribution in [0.1, 0.15) is 33.6 Å². The van der Waals surface area contributed by atoms with Crippen LogP contribution in [0.15, 0.2) is 30.3 Å². The van der Waals surface area contributed by atoms with Gasteiger partial charge in [0.2, 0.25) is 0 Å². The number of ether oxygens (including phenoxy) is 1. The van der Waals surface area contributed by atoms with E-state index in [-0.39, 0.29) is 24.3 Å². The minimum Gasteiger partial charge on any atom is -0.444 e. The summed E-state index contributed by atoms with van der Waals surface area (Å²) in [5.41, 5.74) is 0.373. The van der Waals surface area contributed by atoms with Crippen molar-refractivity contribution in [3.63, 3.8) is 0 Å². The van der Waals surface area contributed by atoms with Crippen molar-refractivity contribution in [1.29, 1.82) is 0 Å². The molecule has 1 fully saturated rings. The number of likely N-dealkylation sites (tertiary alicyclic amines) is 1. The van der Waals surface area contributed by atoms with Crippen molar-refractivity contribution in [3.8, 4) is 0 Å². The molecule has 0 saturated carbocycles. The number of anilines is 1. The highest BCUT2D eigenvalue weighted by molar-refractivity contribution is 7.80. The van der Waals surface area contributed by atoms with E-state index in [0.717, 1.165) is 5.69 Å². The van der Waals surface area contributed by atoms with E-state index in [2.05, 4.69) is 10.6 Å². The molecule has 2 N–H and O–H groups in total. The molecule has 0 spiro atoms. The average Bonchev–Trinajstić information content (AvgIpc) is 2.59. The average molecular weight is 378 g/mol. The van der Waals surface area contributed by atoms with E-state index in [1.807, 2.05) is 51.1 Å². The predicted molar refractivity (Wildman–Crippen MR) is 106 cm³/mol. The quantitative estimate of drug-likeness (QED) is 0.786. The first-order chi connectivity index (χ1) is 12.2. The van der Waals surface area contributed by atoms with Gasteiger partial charge in [0.15, 0.2) is 10.9 Å². The number of rotatable bonds is 4. The summed E-state index contributed by atoms with van der Waals surface area (Å²) >= 11 is 5.22. The van der Waals surface area contributed by atoms with Crippen LogP contribution in [0.3, 0.4) is 0 Å². The third-order valence-corrected chi connectivity index (χ3v) is 4.30. The van der Waals surface area contributed by atoms with Crippen LogP contribution in [0.2, 0.25) is 0 Å². The van der Waals surface area contributed by atoms with Gasteiger partial charge in [0.25, 0.3) is 0 Å². The van der Waals surface area contributed by atoms with Crippen LogP contribution in [0.5, 0.6) is 0 Å². The molecule has 26 heavy (non-hydrogen) atoms. The van der Waals surface area contributed by atoms with Gasteiger partial charge in [-0.05, 0) is 58.0 Å². The molecule has 1 aliphatic rings. The number of carbonyl (C=O) groups is 2. The second kappa shape index (κ2) is 8.98. The summed E-state index contributed by atoms with van der Waals surface area (Å²) in [7, 11) is 0. The third kappa shape index (κ3) is 6.63. The fourth-order valence-corrected chi connectivity index (χ4v) is 2.91. The predicted octanol–water partition coefficient (Wildman–Crippen LogP) is 3.19. The van der Waals surface area contributed by atoms with Gasteiger partial charge in [-0.25, -0.2) is 4.79 Å². The number of amides is 1. The highest BCUT2D eigenvalue weighted by Crippen LogP contribution is 2.20. The Kier molecular flexibility index (Phi) is 6.97. The summed E-state index contributed by atoms with van der Waals surface area (Å²) in [5.74, 6) is 0.0618. The maximum Gasteiger partial charge on any atom is 0.410 e. The fraction of sp³-hybridized carbons (Fsp3) is 0.526. The van der Waals surface area contributed by atoms with Crippen molar-refractivity contribution in [3.05, 3.63) is 30.3 Å². The van der Waals surface area contributed by atoms with Crippen molar-refractivity contribution < 1.29 is 14.3 Å². The van der Waals surface area contributed by atoms with Crippen LogP contribution in [0.25, 0.3) is 0 Å². The molecule has 1 aromatic rings. The van der Waals surface area contributed by atoms with E-state index >= 15 is 0 Å². The molecule has 1 aliphatic heterocycles. The Morgan fingerprint density at radius 3 is 2.38 bits per heavy atom. The monoisotopic (exact) mass is 377 g/mol. The number of Topliss-reactive ketones (excluding diaryl/α,β-unsaturated/α-hetero) is 1. The molecule has 1 saturated heterocycles. The van der Waals surface area contributed by atoms with E-state index in [4.69, 9.17) is 17.0 Å². The van der Waals surface area contributed by atoms with E-state index in [0.29, 0.717) is 31.0 Å². The lowest BCUT2D eigenvalue weighted by Crippen LogP contribution is -2.44. The zero-order valence-corrected chi connectivity index (χ0v) is 16.4. The Morgan fingerprint density at radius 2 is 1.81 bits per heavy atom. The van der Waals surface area contributed by atoms with E-state index in [1.54, 1.807) is 4.90 Å². The maximum absolute atomic E-state index is 12.4. The molecule has 2 rings (SSSR count). The standard InChI is InChI=1S/C19H27N3O3S/c1-19(2,3)25-18(24)22-11-9-14(10-12-22)16(23)13-20-17(26)21-15-7-5-4-6-8-15/h4-8,14H,9-13H2,1-3H3,(H2,20,21,26). The van der Waals surface area contributed by atoms with Crippen LogP contribution in [0, 0.1) is 5.92 Å². The molecule has 1 aromatic carbocycles. The number of hydrogen-bond acceptors (Lipinski definition) is 4. The van der Waals surface area contributed by atoms with Gasteiger partial charge in [-0.1, -0.05) is 18.2 Å². The number of hydrogen-bond donors (Lipinski definition) is 2. The zero-order chi connectivity index (χ0) is 19.2. The molecule has 0 bridgehead atoms. The van der Waals surface area contributed by atoms with Gasteiger partial charge in [0.05, 0.1) is 6.54 Å². The molecular formula is C19H27N3O3S. The summed E-state index contributed by atoms with van der Waals surface area (Å²) < 4.78 is 5.37. The van der Waals surface area contributed by atoms with Crippen molar-refractivity contribution in [2.75, 3.05) is 25.0 Å². The molecule has 142 valence electrons. The fourth-order valence-electron chi connectivity index (χ4n) is 2.72. The lowest BCUT2D eigenvalue weighted by atomic mass is 9.92. The minimum absolute atomic E-state index is 0.0549. The summed E-state index contributed by atoms with van der Waals surface area (Å²) in [5, 5.41) is 6.43. The summed E-state index contributed by atoms with van der Waals surface area (Å²) in [6, 6.07) is 9.56. The first-order valence-electron chi connectivity index (χ1n) is 8.85. The number of thiocarbonyl (C=S) groups is 1. The first-order valence-corrected chi connectivity index (χ1v) is 9.26. The highest BCUT2D eigenvalue weighted by atomic mass is 32.1. The first kappa shape index (κ1) is 20.2. The number of nitrogens with one attached hydrogen (secondary N) is 2. The van der Waals surface area contributed by atoms with Crippen LogP contribution in [-0.4, -0.2) is 47.1 Å². The van der Waals surface area contributed by atoms with Crippen molar-refractivity contribution in [1.82, 2.24) is 10.2 Å². The number of piperidine rings is 1. The summed E-state index contributed by atoms with van der Waals surface area (Å²) in [6.45, 7) is 6.81. The van der Waals surface area contributed by atoms with E-state index in [9.17, 15) is 9.59 Å². The van der Waals surface area contributed by atoms with Crippen molar-refractivity contribution >= 4 is 34.9 Å². The van der Waals surface area contributed by atoms with Gasteiger partial charge in [0, 0.05) is 24.7 Å². The van der Waals surface area contributed by atoms with Gasteiger partial charge in [-0.3, -0.25) is 4.79 Å². The lowest BCUT2D eigenvalue weighted by Gasteiger charge is -2.33. The van der Waals surface area contributed by atoms with Gasteiger partial charge in [-0.2, -0.15) is 0 Å². The van der Waals surface area contributed by atoms with Gasteiger partial charge >= 0.3 is 6.09 Å². The van der Waals surface area contributed by atoms with Crippen LogP contribution in [0.4, 0.5) is 10.5 Å². The Balaban J connectivity index is 1.71. The largest absolute Gasteiger partial charge is 0.444 e. The molecule has 0 aromatic heterocycles. The molecule has 0 unspecified atom stereocenters. The number of ketones is 1. The Morgan fingerprint density at radius 1 is 1.19 bits per heavy atom. The molecule has 0 aliphatic carbocycles. The Labute approximate surface area is 160 Å². The van der Waals surface area contributed by atoms with Gasteiger partial charge < -0.3 is 20.3 Å². The molecule has 6 nitrogen and oxygen atoms in total. The molecule has 1 heterocycles. The van der Waals surface area contributed by atoms with Gasteiger partial charge in [0.1, 0.15) is 5.60 Å². The Hall–Kier alpha value is -2.15. The van der Waals surface area contributed by atoms with Crippen LogP contribution >= 0.6 is 12.2 Å². The molecular weight excluding hydrogens is 350 g/mol. The lowest BCUT2D eigenvalue weighted by molar-refractivity contribution is -0.123. The number of nitrogens with zero attached hydrogens (tertiary/aromatic N) is 1. The zero-order valence-electron chi connectivity index (χ0n) is 15.6. The third-order valence-electron chi connectivity index (χ3n) is 4.06. The second-order valence-corrected chi connectivity index (χ2v) is 7.79. The minimum atomic E-state index is -0.505. The topological polar surface area (TPSA) is 70.7 Å². The van der Waals surface area contributed by atoms with Crippen molar-refractivity contribution in [2.24, 2.45) is 5.92 Å². The summed E-state index contributed by atoms with van der Waals surface area (Å²) in [6.07, 6.45) is 0.992. The maximum atomic E-state index is 12.4. The van der Waals surface area contributed by atoms with Crippen LogP contribution < -0.4 is 10.6 Å². The summed E-state index contributed by atoms with van der Waals surface area (Å²) in [4.78, 5) is 26.1. The molecule has 1 amide bonds. The Bertz CT molecular complexity index is 635. The second-order valence-electron chi connectivity index (χ2n) is 7.38. The van der Waals surface area contributed by atoms with Crippen molar-refractivity contribution in [2.45, 2.75) is 39.2 Å². The smallest absolute Gasteiger partial charge is 0.410 e. The SMILES string of the molecule is CC(C)(C)OC(=O)N1CCC(C(=O)CNC(=S)Nc2ccccc2)CC1. The number of carbonyl (C=O) groups excluding carboxylic acids is 2. The molecule has 0 atom stereocenters. The van der Waals surface area contributed by atoms with Crippen LogP contribution in [-0.2, 0) is 9.53 Å². The van der Waals surface area contributed by atoms with Gasteiger partial charge in [-0.15, -0.1) is 0 Å². The molecule has 7 heteroatoms. The number of para-hydroxylation sites is 1. The van der Waals surface area contributed by atoms with E-state index < -0.39 is 5.60 Å². The van der Waals surface area contributed by atoms with E-state index in [1.165, 1.54) is 0 Å². The number of benzene rings is 1. The normalized spacial score (nSPS) is 15.3.